The van der Waals surface area contributed by atoms with Crippen molar-refractivity contribution in [1.82, 2.24) is 0 Å². The van der Waals surface area contributed by atoms with Crippen molar-refractivity contribution in [2.75, 3.05) is 0 Å². The van der Waals surface area contributed by atoms with Crippen LogP contribution in [-0.2, 0) is 4.79 Å². The van der Waals surface area contributed by atoms with E-state index in [0.29, 0.717) is 0 Å². The quantitative estimate of drug-likeness (QED) is 0.762. The van der Waals surface area contributed by atoms with Crippen LogP contribution < -0.4 is 0 Å². The van der Waals surface area contributed by atoms with E-state index in [-0.39, 0.29) is 11.1 Å². The van der Waals surface area contributed by atoms with Crippen LogP contribution in [0.5, 0.6) is 0 Å². The van der Waals surface area contributed by atoms with Crippen LogP contribution in [0, 0.1) is 25.2 Å². The van der Waals surface area contributed by atoms with Crippen molar-refractivity contribution in [2.45, 2.75) is 20.0 Å². The van der Waals surface area contributed by atoms with Gasteiger partial charge in [0.25, 0.3) is 0 Å². The Kier molecular flexibility index (Phi) is 3.08. The minimum Gasteiger partial charge on any atom is -0.479 e. The summed E-state index contributed by atoms with van der Waals surface area (Å²) in [6, 6.07) is 4.99. The van der Waals surface area contributed by atoms with E-state index in [1.165, 1.54) is 6.07 Å². The summed E-state index contributed by atoms with van der Waals surface area (Å²) in [5.41, 5.74) is 2.10. The molecule has 1 aromatic carbocycles. The van der Waals surface area contributed by atoms with Crippen LogP contribution in [0.25, 0.3) is 0 Å². The molecule has 4 heteroatoms. The molecule has 0 radical (unpaired) electrons. The van der Waals surface area contributed by atoms with E-state index in [2.05, 4.69) is 0 Å². The average molecular weight is 205 g/mol. The normalized spacial score (nSPS) is 11.9. The summed E-state index contributed by atoms with van der Waals surface area (Å²) >= 11 is 0. The molecule has 0 aromatic heterocycles. The molecule has 1 atom stereocenters. The molecule has 4 nitrogen and oxygen atoms in total. The first kappa shape index (κ1) is 11.2. The van der Waals surface area contributed by atoms with Gasteiger partial charge in [-0.1, -0.05) is 6.07 Å². The summed E-state index contributed by atoms with van der Waals surface area (Å²) in [5, 5.41) is 26.8. The SMILES string of the molecule is Cc1cc(C#N)c(C(O)C(=O)O)cc1C. The van der Waals surface area contributed by atoms with Crippen LogP contribution in [0.2, 0.25) is 0 Å². The van der Waals surface area contributed by atoms with Gasteiger partial charge in [-0.15, -0.1) is 0 Å². The van der Waals surface area contributed by atoms with E-state index < -0.39 is 12.1 Å². The molecule has 15 heavy (non-hydrogen) atoms. The number of hydrogen-bond donors (Lipinski definition) is 2. The number of carbonyl (C=O) groups is 1. The molecule has 2 N–H and O–H groups in total. The summed E-state index contributed by atoms with van der Waals surface area (Å²) < 4.78 is 0. The molecule has 0 amide bonds. The third kappa shape index (κ3) is 2.14. The Bertz CT molecular complexity index is 446. The van der Waals surface area contributed by atoms with Gasteiger partial charge in [-0.25, -0.2) is 4.79 Å². The maximum absolute atomic E-state index is 10.6. The molecule has 0 aliphatic heterocycles. The number of benzene rings is 1. The van der Waals surface area contributed by atoms with E-state index in [9.17, 15) is 9.90 Å². The number of hydrogen-bond acceptors (Lipinski definition) is 3. The highest BCUT2D eigenvalue weighted by Gasteiger charge is 2.20. The second kappa shape index (κ2) is 4.11. The standard InChI is InChI=1S/C11H11NO3/c1-6-3-8(5-12)9(4-7(6)2)10(13)11(14)15/h3-4,10,13H,1-2H3,(H,14,15). The zero-order valence-electron chi connectivity index (χ0n) is 8.48. The van der Waals surface area contributed by atoms with Gasteiger partial charge in [-0.2, -0.15) is 5.26 Å². The second-order valence-corrected chi connectivity index (χ2v) is 3.38. The first-order valence-corrected chi connectivity index (χ1v) is 4.39. The van der Waals surface area contributed by atoms with E-state index >= 15 is 0 Å². The largest absolute Gasteiger partial charge is 0.479 e. The summed E-state index contributed by atoms with van der Waals surface area (Å²) in [7, 11) is 0. The van der Waals surface area contributed by atoms with E-state index in [4.69, 9.17) is 10.4 Å². The molecule has 0 aliphatic carbocycles. The topological polar surface area (TPSA) is 81.3 Å². The van der Waals surface area contributed by atoms with Gasteiger partial charge in [0.1, 0.15) is 0 Å². The Balaban J connectivity index is 3.35. The highest BCUT2D eigenvalue weighted by atomic mass is 16.4. The summed E-state index contributed by atoms with van der Waals surface area (Å²) in [4.78, 5) is 10.6. The second-order valence-electron chi connectivity index (χ2n) is 3.38. The average Bonchev–Trinajstić information content (AvgIpc) is 2.20. The number of aliphatic hydroxyl groups excluding tert-OH is 1. The van der Waals surface area contributed by atoms with Crippen LogP contribution in [-0.4, -0.2) is 16.2 Å². The third-order valence-corrected chi connectivity index (χ3v) is 2.31. The fourth-order valence-corrected chi connectivity index (χ4v) is 1.29. The van der Waals surface area contributed by atoms with Crippen LogP contribution in [0.15, 0.2) is 12.1 Å². The summed E-state index contributed by atoms with van der Waals surface area (Å²) in [6.45, 7) is 3.63. The molecule has 0 fully saturated rings. The van der Waals surface area contributed by atoms with Crippen LogP contribution >= 0.6 is 0 Å². The van der Waals surface area contributed by atoms with Gasteiger partial charge in [0, 0.05) is 5.56 Å². The Morgan fingerprint density at radius 2 is 1.93 bits per heavy atom. The van der Waals surface area contributed by atoms with Crippen molar-refractivity contribution < 1.29 is 15.0 Å². The number of nitrogens with zero attached hydrogens (tertiary/aromatic N) is 1. The number of aliphatic hydroxyl groups is 1. The third-order valence-electron chi connectivity index (χ3n) is 2.31. The fourth-order valence-electron chi connectivity index (χ4n) is 1.29. The van der Waals surface area contributed by atoms with Crippen molar-refractivity contribution in [3.8, 4) is 6.07 Å². The predicted molar refractivity (Wildman–Crippen MR) is 53.2 cm³/mol. The molecule has 0 heterocycles. The summed E-state index contributed by atoms with van der Waals surface area (Å²) in [6.07, 6.45) is -1.64. The number of aryl methyl sites for hydroxylation is 2. The van der Waals surface area contributed by atoms with Crippen molar-refractivity contribution in [3.63, 3.8) is 0 Å². The lowest BCUT2D eigenvalue weighted by molar-refractivity contribution is -0.146. The van der Waals surface area contributed by atoms with Crippen LogP contribution in [0.4, 0.5) is 0 Å². The smallest absolute Gasteiger partial charge is 0.337 e. The lowest BCUT2D eigenvalue weighted by Gasteiger charge is -2.10. The molecule has 0 bridgehead atoms. The first-order chi connectivity index (χ1) is 6.97. The Labute approximate surface area is 87.4 Å². The molecule has 78 valence electrons. The Hall–Kier alpha value is -1.86. The first-order valence-electron chi connectivity index (χ1n) is 4.39. The van der Waals surface area contributed by atoms with Crippen LogP contribution in [0.1, 0.15) is 28.4 Å². The van der Waals surface area contributed by atoms with Gasteiger partial charge in [-0.3, -0.25) is 0 Å². The molecule has 0 saturated heterocycles. The molecule has 1 unspecified atom stereocenters. The molecule has 1 rings (SSSR count). The number of carboxylic acid groups (broad SMARTS) is 1. The predicted octanol–water partition coefficient (Wildman–Crippen LogP) is 1.29. The van der Waals surface area contributed by atoms with Crippen molar-refractivity contribution in [1.29, 1.82) is 5.26 Å². The van der Waals surface area contributed by atoms with Gasteiger partial charge in [0.2, 0.25) is 0 Å². The molecular weight excluding hydrogens is 194 g/mol. The van der Waals surface area contributed by atoms with Crippen molar-refractivity contribution in [3.05, 3.63) is 34.4 Å². The lowest BCUT2D eigenvalue weighted by Crippen LogP contribution is -2.12. The molecule has 1 aromatic rings. The summed E-state index contributed by atoms with van der Waals surface area (Å²) in [5.74, 6) is -1.35. The monoisotopic (exact) mass is 205 g/mol. The fraction of sp³-hybridized carbons (Fsp3) is 0.273. The van der Waals surface area contributed by atoms with Gasteiger partial charge in [0.15, 0.2) is 6.10 Å². The minimum atomic E-state index is -1.64. The Morgan fingerprint density at radius 1 is 1.40 bits per heavy atom. The van der Waals surface area contributed by atoms with Crippen LogP contribution in [0.3, 0.4) is 0 Å². The number of rotatable bonds is 2. The number of carboxylic acids is 1. The molecule has 0 spiro atoms. The van der Waals surface area contributed by atoms with Gasteiger partial charge in [0.05, 0.1) is 11.6 Å². The highest BCUT2D eigenvalue weighted by Crippen LogP contribution is 2.21. The maximum Gasteiger partial charge on any atom is 0.337 e. The lowest BCUT2D eigenvalue weighted by atomic mass is 9.97. The molecule has 0 aliphatic rings. The number of aliphatic carboxylic acids is 1. The zero-order valence-corrected chi connectivity index (χ0v) is 8.48. The van der Waals surface area contributed by atoms with Crippen molar-refractivity contribution in [2.24, 2.45) is 0 Å². The maximum atomic E-state index is 10.6. The van der Waals surface area contributed by atoms with E-state index in [0.717, 1.165) is 11.1 Å². The zero-order chi connectivity index (χ0) is 11.6. The van der Waals surface area contributed by atoms with E-state index in [1.54, 1.807) is 13.0 Å². The highest BCUT2D eigenvalue weighted by molar-refractivity contribution is 5.75. The minimum absolute atomic E-state index is 0.146. The van der Waals surface area contributed by atoms with Gasteiger partial charge < -0.3 is 10.2 Å². The van der Waals surface area contributed by atoms with Gasteiger partial charge in [-0.05, 0) is 31.0 Å². The number of nitriles is 1. The van der Waals surface area contributed by atoms with Crippen molar-refractivity contribution >= 4 is 5.97 Å². The Morgan fingerprint density at radius 3 is 2.40 bits per heavy atom. The van der Waals surface area contributed by atoms with Gasteiger partial charge >= 0.3 is 5.97 Å². The van der Waals surface area contributed by atoms with E-state index in [1.807, 2.05) is 13.0 Å². The molecular formula is C11H11NO3. The molecule has 0 saturated carbocycles.